The third-order valence-corrected chi connectivity index (χ3v) is 0.601. The van der Waals surface area contributed by atoms with E-state index < -0.39 is 5.97 Å². The fourth-order valence-electron chi connectivity index (χ4n) is 0.118. The summed E-state index contributed by atoms with van der Waals surface area (Å²) in [5.41, 5.74) is 0.176. The maximum absolute atomic E-state index is 9.60. The molecule has 4 nitrogen and oxygen atoms in total. The zero-order valence-corrected chi connectivity index (χ0v) is 7.09. The van der Waals surface area contributed by atoms with Gasteiger partial charge in [-0.2, -0.15) is 0 Å². The van der Waals surface area contributed by atoms with E-state index in [-0.39, 0.29) is 5.57 Å². The van der Waals surface area contributed by atoms with Gasteiger partial charge in [-0.1, -0.05) is 6.58 Å². The van der Waals surface area contributed by atoms with E-state index in [4.69, 9.17) is 5.11 Å². The molecule has 0 aromatic rings. The van der Waals surface area contributed by atoms with Crippen LogP contribution in [0.1, 0.15) is 6.92 Å². The van der Waals surface area contributed by atoms with Crippen molar-refractivity contribution >= 4 is 5.97 Å². The zero-order chi connectivity index (χ0) is 9.28. The van der Waals surface area contributed by atoms with E-state index in [0.29, 0.717) is 6.79 Å². The molecule has 0 aliphatic heterocycles. The van der Waals surface area contributed by atoms with Gasteiger partial charge in [0.1, 0.15) is 6.79 Å². The number of hydrogen-bond acceptors (Lipinski definition) is 3. The Morgan fingerprint density at radius 2 is 1.73 bits per heavy atom. The number of carbonyl (C=O) groups is 1. The van der Waals surface area contributed by atoms with E-state index in [9.17, 15) is 4.79 Å². The summed E-state index contributed by atoms with van der Waals surface area (Å²) >= 11 is 0. The summed E-state index contributed by atoms with van der Waals surface area (Å²) in [4.78, 5) is 9.60. The molecule has 0 saturated carbocycles. The monoisotopic (exact) mass is 162 g/mol. The van der Waals surface area contributed by atoms with Crippen LogP contribution in [-0.2, 0) is 14.3 Å². The molecule has 0 fully saturated rings. The first-order valence-electron chi connectivity index (χ1n) is 2.93. The Kier molecular flexibility index (Phi) is 10.6. The van der Waals surface area contributed by atoms with Crippen LogP contribution in [0.4, 0.5) is 0 Å². The van der Waals surface area contributed by atoms with Crippen LogP contribution in [-0.4, -0.2) is 32.1 Å². The molecule has 0 heterocycles. The van der Waals surface area contributed by atoms with Gasteiger partial charge in [0, 0.05) is 19.8 Å². The molecule has 11 heavy (non-hydrogen) atoms. The Morgan fingerprint density at radius 1 is 1.45 bits per heavy atom. The van der Waals surface area contributed by atoms with Gasteiger partial charge in [-0.3, -0.25) is 0 Å². The minimum absolute atomic E-state index is 0.176. The standard InChI is InChI=1S/C4H6O2.C3H8O2/c1-3(2)4(5)6;1-4-3-5-2/h1H2,2H3,(H,5,6);3H2,1-2H3. The Balaban J connectivity index is 0. The van der Waals surface area contributed by atoms with E-state index >= 15 is 0 Å². The van der Waals surface area contributed by atoms with E-state index in [1.54, 1.807) is 14.2 Å². The minimum Gasteiger partial charge on any atom is -0.478 e. The van der Waals surface area contributed by atoms with Gasteiger partial charge in [0.2, 0.25) is 0 Å². The number of hydrogen-bond donors (Lipinski definition) is 1. The van der Waals surface area contributed by atoms with Gasteiger partial charge in [0.15, 0.2) is 0 Å². The molecular formula is C7H14O4. The maximum atomic E-state index is 9.60. The molecule has 0 aliphatic carbocycles. The molecule has 0 aromatic carbocycles. The van der Waals surface area contributed by atoms with Crippen molar-refractivity contribution in [2.24, 2.45) is 0 Å². The number of aliphatic carboxylic acids is 1. The summed E-state index contributed by atoms with van der Waals surface area (Å²) < 4.78 is 8.94. The number of methoxy groups -OCH3 is 2. The quantitative estimate of drug-likeness (QED) is 0.494. The van der Waals surface area contributed by atoms with Crippen LogP contribution in [0, 0.1) is 0 Å². The molecule has 1 N–H and O–H groups in total. The lowest BCUT2D eigenvalue weighted by Gasteiger charge is -1.87. The van der Waals surface area contributed by atoms with E-state index in [0.717, 1.165) is 0 Å². The van der Waals surface area contributed by atoms with Crippen LogP contribution in [0.15, 0.2) is 12.2 Å². The summed E-state index contributed by atoms with van der Waals surface area (Å²) in [6.07, 6.45) is 0. The maximum Gasteiger partial charge on any atom is 0.330 e. The van der Waals surface area contributed by atoms with Crippen molar-refractivity contribution in [1.29, 1.82) is 0 Å². The molecule has 4 heteroatoms. The van der Waals surface area contributed by atoms with Crippen LogP contribution < -0.4 is 0 Å². The lowest BCUT2D eigenvalue weighted by molar-refractivity contribution is -0.132. The van der Waals surface area contributed by atoms with Crippen LogP contribution in [0.2, 0.25) is 0 Å². The number of carboxylic acid groups (broad SMARTS) is 1. The topological polar surface area (TPSA) is 55.8 Å². The Bertz CT molecular complexity index is 106. The molecule has 0 bridgehead atoms. The summed E-state index contributed by atoms with van der Waals surface area (Å²) in [5, 5.41) is 7.89. The summed E-state index contributed by atoms with van der Waals surface area (Å²) in [6.45, 7) is 4.99. The third-order valence-electron chi connectivity index (χ3n) is 0.601. The van der Waals surface area contributed by atoms with Crippen molar-refractivity contribution in [2.45, 2.75) is 6.92 Å². The highest BCUT2D eigenvalue weighted by Gasteiger charge is 1.90. The van der Waals surface area contributed by atoms with Crippen LogP contribution in [0.25, 0.3) is 0 Å². The Labute approximate surface area is 66.4 Å². The van der Waals surface area contributed by atoms with Crippen LogP contribution in [0.5, 0.6) is 0 Å². The molecule has 0 spiro atoms. The predicted molar refractivity (Wildman–Crippen MR) is 41.3 cm³/mol. The highest BCUT2D eigenvalue weighted by Crippen LogP contribution is 1.81. The lowest BCUT2D eigenvalue weighted by Crippen LogP contribution is -1.92. The Morgan fingerprint density at radius 3 is 1.73 bits per heavy atom. The van der Waals surface area contributed by atoms with E-state index in [1.807, 2.05) is 0 Å². The smallest absolute Gasteiger partial charge is 0.330 e. The van der Waals surface area contributed by atoms with Crippen molar-refractivity contribution < 1.29 is 19.4 Å². The Hall–Kier alpha value is -0.870. The molecule has 0 atom stereocenters. The van der Waals surface area contributed by atoms with Crippen molar-refractivity contribution in [3.63, 3.8) is 0 Å². The molecule has 0 amide bonds. The second-order valence-corrected chi connectivity index (χ2v) is 1.78. The molecule has 0 aliphatic rings. The first-order valence-corrected chi connectivity index (χ1v) is 2.93. The first-order chi connectivity index (χ1) is 5.06. The van der Waals surface area contributed by atoms with Gasteiger partial charge >= 0.3 is 5.97 Å². The fraction of sp³-hybridized carbons (Fsp3) is 0.571. The largest absolute Gasteiger partial charge is 0.478 e. The van der Waals surface area contributed by atoms with Crippen molar-refractivity contribution in [2.75, 3.05) is 21.0 Å². The SMILES string of the molecule is C=C(C)C(=O)O.COCOC. The second-order valence-electron chi connectivity index (χ2n) is 1.78. The van der Waals surface area contributed by atoms with Crippen molar-refractivity contribution in [3.05, 3.63) is 12.2 Å². The number of carboxylic acids is 1. The lowest BCUT2D eigenvalue weighted by atomic mass is 10.4. The zero-order valence-electron chi connectivity index (χ0n) is 7.09. The molecule has 66 valence electrons. The van der Waals surface area contributed by atoms with E-state index in [2.05, 4.69) is 16.1 Å². The van der Waals surface area contributed by atoms with Crippen LogP contribution in [0.3, 0.4) is 0 Å². The first kappa shape index (κ1) is 12.8. The molecular weight excluding hydrogens is 148 g/mol. The van der Waals surface area contributed by atoms with Gasteiger partial charge in [-0.05, 0) is 6.92 Å². The molecule has 0 radical (unpaired) electrons. The molecule has 0 unspecified atom stereocenters. The van der Waals surface area contributed by atoms with Crippen LogP contribution >= 0.6 is 0 Å². The van der Waals surface area contributed by atoms with Gasteiger partial charge in [0.25, 0.3) is 0 Å². The van der Waals surface area contributed by atoms with Gasteiger partial charge < -0.3 is 14.6 Å². The average Bonchev–Trinajstić information content (AvgIpc) is 1.90. The molecule has 0 saturated heterocycles. The summed E-state index contributed by atoms with van der Waals surface area (Å²) in [5.74, 6) is -0.935. The van der Waals surface area contributed by atoms with Crippen molar-refractivity contribution in [3.8, 4) is 0 Å². The normalized spacial score (nSPS) is 7.91. The van der Waals surface area contributed by atoms with Crippen molar-refractivity contribution in [1.82, 2.24) is 0 Å². The second kappa shape index (κ2) is 9.13. The highest BCUT2D eigenvalue weighted by molar-refractivity contribution is 5.84. The molecule has 0 rings (SSSR count). The van der Waals surface area contributed by atoms with Gasteiger partial charge in [-0.15, -0.1) is 0 Å². The summed E-state index contributed by atoms with van der Waals surface area (Å²) in [7, 11) is 3.17. The predicted octanol–water partition coefficient (Wildman–Crippen LogP) is 0.884. The van der Waals surface area contributed by atoms with Gasteiger partial charge in [0.05, 0.1) is 0 Å². The number of rotatable bonds is 3. The van der Waals surface area contributed by atoms with Gasteiger partial charge in [-0.25, -0.2) is 4.79 Å². The minimum atomic E-state index is -0.935. The van der Waals surface area contributed by atoms with E-state index in [1.165, 1.54) is 6.92 Å². The highest BCUT2D eigenvalue weighted by atomic mass is 16.6. The third kappa shape index (κ3) is 17.6. The summed E-state index contributed by atoms with van der Waals surface area (Å²) in [6, 6.07) is 0. The number of ether oxygens (including phenoxy) is 2. The average molecular weight is 162 g/mol. The fourth-order valence-corrected chi connectivity index (χ4v) is 0.118. The molecule has 0 aromatic heterocycles.